The summed E-state index contributed by atoms with van der Waals surface area (Å²) in [4.78, 5) is 23.5. The molecule has 104 valence electrons. The fourth-order valence-electron chi connectivity index (χ4n) is 1.67. The van der Waals surface area contributed by atoms with Gasteiger partial charge in [0.1, 0.15) is 0 Å². The first-order valence-electron chi connectivity index (χ1n) is 6.00. The molecule has 0 saturated heterocycles. The molecule has 0 aliphatic rings. The standard InChI is InChI=1S/C14H14N2O3S/c17-8-12(10-4-2-1-3-5-10)16-14(19)13(18)15-11-6-7-20-9-11/h1-7,9,12,17H,8H2,(H,15,18)(H,16,19). The van der Waals surface area contributed by atoms with Gasteiger partial charge in [-0.3, -0.25) is 9.59 Å². The summed E-state index contributed by atoms with van der Waals surface area (Å²) in [6.45, 7) is -0.276. The van der Waals surface area contributed by atoms with Gasteiger partial charge < -0.3 is 15.7 Å². The van der Waals surface area contributed by atoms with Crippen LogP contribution in [0.1, 0.15) is 11.6 Å². The third-order valence-corrected chi connectivity index (χ3v) is 3.36. The molecule has 6 heteroatoms. The molecule has 0 radical (unpaired) electrons. The van der Waals surface area contributed by atoms with Crippen LogP contribution in [0.25, 0.3) is 0 Å². The van der Waals surface area contributed by atoms with Crippen molar-refractivity contribution < 1.29 is 14.7 Å². The number of amides is 2. The van der Waals surface area contributed by atoms with E-state index in [1.54, 1.807) is 41.1 Å². The summed E-state index contributed by atoms with van der Waals surface area (Å²) in [7, 11) is 0. The van der Waals surface area contributed by atoms with Crippen LogP contribution in [0.2, 0.25) is 0 Å². The third kappa shape index (κ3) is 3.66. The van der Waals surface area contributed by atoms with Crippen molar-refractivity contribution in [1.29, 1.82) is 0 Å². The molecule has 0 bridgehead atoms. The molecule has 0 aliphatic carbocycles. The summed E-state index contributed by atoms with van der Waals surface area (Å²) >= 11 is 1.42. The fraction of sp³-hybridized carbons (Fsp3) is 0.143. The monoisotopic (exact) mass is 290 g/mol. The number of nitrogens with one attached hydrogen (secondary N) is 2. The minimum Gasteiger partial charge on any atom is -0.394 e. The maximum absolute atomic E-state index is 11.8. The number of benzene rings is 1. The number of hydrogen-bond donors (Lipinski definition) is 3. The molecule has 1 atom stereocenters. The van der Waals surface area contributed by atoms with E-state index in [4.69, 9.17) is 0 Å². The van der Waals surface area contributed by atoms with E-state index in [-0.39, 0.29) is 6.61 Å². The van der Waals surface area contributed by atoms with Crippen LogP contribution in [-0.4, -0.2) is 23.5 Å². The van der Waals surface area contributed by atoms with Gasteiger partial charge in [-0.2, -0.15) is 11.3 Å². The molecule has 3 N–H and O–H groups in total. The van der Waals surface area contributed by atoms with Crippen molar-refractivity contribution in [2.75, 3.05) is 11.9 Å². The molecule has 0 spiro atoms. The summed E-state index contributed by atoms with van der Waals surface area (Å²) in [6.07, 6.45) is 0. The molecular formula is C14H14N2O3S. The zero-order valence-electron chi connectivity index (χ0n) is 10.6. The minimum absolute atomic E-state index is 0.276. The Morgan fingerprint density at radius 3 is 2.50 bits per heavy atom. The number of aliphatic hydroxyl groups is 1. The lowest BCUT2D eigenvalue weighted by atomic mass is 10.1. The Hall–Kier alpha value is -2.18. The fourth-order valence-corrected chi connectivity index (χ4v) is 2.25. The molecule has 1 aromatic carbocycles. The van der Waals surface area contributed by atoms with Gasteiger partial charge in [-0.15, -0.1) is 0 Å². The lowest BCUT2D eigenvalue weighted by Crippen LogP contribution is -2.39. The lowest BCUT2D eigenvalue weighted by Gasteiger charge is -2.16. The van der Waals surface area contributed by atoms with Gasteiger partial charge in [-0.05, 0) is 17.0 Å². The normalized spacial score (nSPS) is 11.7. The van der Waals surface area contributed by atoms with Crippen LogP contribution in [0.4, 0.5) is 5.69 Å². The van der Waals surface area contributed by atoms with Crippen LogP contribution in [0.3, 0.4) is 0 Å². The number of hydrogen-bond acceptors (Lipinski definition) is 4. The zero-order valence-corrected chi connectivity index (χ0v) is 11.4. The summed E-state index contributed by atoms with van der Waals surface area (Å²) < 4.78 is 0. The molecule has 2 amide bonds. The van der Waals surface area contributed by atoms with E-state index in [0.29, 0.717) is 5.69 Å². The van der Waals surface area contributed by atoms with Crippen molar-refractivity contribution >= 4 is 28.8 Å². The smallest absolute Gasteiger partial charge is 0.313 e. The van der Waals surface area contributed by atoms with Crippen LogP contribution in [0.15, 0.2) is 47.2 Å². The van der Waals surface area contributed by atoms with Gasteiger partial charge in [0.05, 0.1) is 18.3 Å². The highest BCUT2D eigenvalue weighted by molar-refractivity contribution is 7.08. The van der Waals surface area contributed by atoms with Crippen molar-refractivity contribution in [2.45, 2.75) is 6.04 Å². The second-order valence-corrected chi connectivity index (χ2v) is 4.87. The van der Waals surface area contributed by atoms with E-state index in [1.165, 1.54) is 11.3 Å². The van der Waals surface area contributed by atoms with Crippen molar-refractivity contribution in [3.05, 3.63) is 52.7 Å². The Balaban J connectivity index is 1.97. The Labute approximate surface area is 120 Å². The Bertz CT molecular complexity index is 569. The molecule has 5 nitrogen and oxygen atoms in total. The van der Waals surface area contributed by atoms with Gasteiger partial charge in [0.25, 0.3) is 0 Å². The minimum atomic E-state index is -0.779. The van der Waals surface area contributed by atoms with Gasteiger partial charge in [0.2, 0.25) is 0 Å². The van der Waals surface area contributed by atoms with Gasteiger partial charge in [0.15, 0.2) is 0 Å². The molecule has 0 aliphatic heterocycles. The highest BCUT2D eigenvalue weighted by Gasteiger charge is 2.19. The largest absolute Gasteiger partial charge is 0.394 e. The van der Waals surface area contributed by atoms with Crippen molar-refractivity contribution in [2.24, 2.45) is 0 Å². The van der Waals surface area contributed by atoms with Crippen LogP contribution in [0.5, 0.6) is 0 Å². The quantitative estimate of drug-likeness (QED) is 0.747. The van der Waals surface area contributed by atoms with Gasteiger partial charge in [0, 0.05) is 5.38 Å². The second kappa shape index (κ2) is 6.83. The Morgan fingerprint density at radius 1 is 1.15 bits per heavy atom. The number of thiophene rings is 1. The zero-order chi connectivity index (χ0) is 14.4. The van der Waals surface area contributed by atoms with Crippen LogP contribution < -0.4 is 10.6 Å². The number of aliphatic hydroxyl groups excluding tert-OH is 1. The van der Waals surface area contributed by atoms with Gasteiger partial charge >= 0.3 is 11.8 Å². The molecular weight excluding hydrogens is 276 g/mol. The Kier molecular flexibility index (Phi) is 4.86. The van der Waals surface area contributed by atoms with Crippen LogP contribution in [-0.2, 0) is 9.59 Å². The summed E-state index contributed by atoms with van der Waals surface area (Å²) in [6, 6.07) is 10.1. The molecule has 0 fully saturated rings. The number of carbonyl (C=O) groups is 2. The van der Waals surface area contributed by atoms with Crippen molar-refractivity contribution in [3.8, 4) is 0 Å². The molecule has 2 rings (SSSR count). The van der Waals surface area contributed by atoms with Gasteiger partial charge in [-0.1, -0.05) is 30.3 Å². The van der Waals surface area contributed by atoms with E-state index in [1.807, 2.05) is 6.07 Å². The van der Waals surface area contributed by atoms with Gasteiger partial charge in [-0.25, -0.2) is 0 Å². The first-order chi connectivity index (χ1) is 9.70. The predicted molar refractivity (Wildman–Crippen MR) is 77.4 cm³/mol. The maximum Gasteiger partial charge on any atom is 0.313 e. The average molecular weight is 290 g/mol. The van der Waals surface area contributed by atoms with E-state index in [2.05, 4.69) is 10.6 Å². The second-order valence-electron chi connectivity index (χ2n) is 4.09. The first kappa shape index (κ1) is 14.2. The number of carbonyl (C=O) groups excluding carboxylic acids is 2. The Morgan fingerprint density at radius 2 is 1.90 bits per heavy atom. The summed E-state index contributed by atoms with van der Waals surface area (Å²) in [5, 5.41) is 17.8. The molecule has 20 heavy (non-hydrogen) atoms. The molecule has 0 saturated carbocycles. The van der Waals surface area contributed by atoms with Crippen LogP contribution >= 0.6 is 11.3 Å². The molecule has 1 heterocycles. The first-order valence-corrected chi connectivity index (χ1v) is 6.95. The van der Waals surface area contributed by atoms with E-state index >= 15 is 0 Å². The average Bonchev–Trinajstić information content (AvgIpc) is 2.98. The van der Waals surface area contributed by atoms with Crippen molar-refractivity contribution in [3.63, 3.8) is 0 Å². The molecule has 1 unspecified atom stereocenters. The third-order valence-electron chi connectivity index (χ3n) is 2.68. The number of rotatable bonds is 4. The lowest BCUT2D eigenvalue weighted by molar-refractivity contribution is -0.136. The van der Waals surface area contributed by atoms with E-state index < -0.39 is 17.9 Å². The highest BCUT2D eigenvalue weighted by atomic mass is 32.1. The molecule has 1 aromatic heterocycles. The summed E-state index contributed by atoms with van der Waals surface area (Å²) in [5.41, 5.74) is 1.32. The molecule has 2 aromatic rings. The topological polar surface area (TPSA) is 78.4 Å². The summed E-state index contributed by atoms with van der Waals surface area (Å²) in [5.74, 6) is -1.53. The number of anilines is 1. The SMILES string of the molecule is O=C(Nc1ccsc1)C(=O)NC(CO)c1ccccc1. The highest BCUT2D eigenvalue weighted by Crippen LogP contribution is 2.13. The van der Waals surface area contributed by atoms with Crippen molar-refractivity contribution in [1.82, 2.24) is 5.32 Å². The predicted octanol–water partition coefficient (Wildman–Crippen LogP) is 1.54. The van der Waals surface area contributed by atoms with E-state index in [0.717, 1.165) is 5.56 Å². The van der Waals surface area contributed by atoms with E-state index in [9.17, 15) is 14.7 Å². The van der Waals surface area contributed by atoms with Crippen LogP contribution in [0, 0.1) is 0 Å². The maximum atomic E-state index is 11.8.